The van der Waals surface area contributed by atoms with E-state index in [1.165, 1.54) is 0 Å². The zero-order valence-electron chi connectivity index (χ0n) is 10.3. The molecule has 92 valence electrons. The fourth-order valence-corrected chi connectivity index (χ4v) is 1.97. The van der Waals surface area contributed by atoms with Gasteiger partial charge in [0.1, 0.15) is 5.75 Å². The van der Waals surface area contributed by atoms with Crippen molar-refractivity contribution in [2.24, 2.45) is 5.92 Å². The summed E-state index contributed by atoms with van der Waals surface area (Å²) in [6, 6.07) is 16.3. The van der Waals surface area contributed by atoms with Crippen LogP contribution in [0.4, 0.5) is 0 Å². The highest BCUT2D eigenvalue weighted by Crippen LogP contribution is 2.16. The third-order valence-corrected chi connectivity index (χ3v) is 2.98. The molecule has 0 aliphatic heterocycles. The largest absolute Gasteiger partial charge is 0.508 e. The van der Waals surface area contributed by atoms with Gasteiger partial charge in [-0.2, -0.15) is 0 Å². The van der Waals surface area contributed by atoms with Crippen LogP contribution in [0, 0.1) is 5.92 Å². The fraction of sp³-hybridized carbons (Fsp3) is 0.188. The van der Waals surface area contributed by atoms with Crippen molar-refractivity contribution in [2.45, 2.75) is 13.3 Å². The average molecular weight is 240 g/mol. The number of aromatic hydroxyl groups is 1. The number of hydrogen-bond acceptors (Lipinski definition) is 2. The van der Waals surface area contributed by atoms with Crippen LogP contribution in [0.25, 0.3) is 0 Å². The number of carbonyl (C=O) groups is 1. The third kappa shape index (κ3) is 2.98. The number of ketones is 1. The first-order valence-electron chi connectivity index (χ1n) is 6.04. The topological polar surface area (TPSA) is 37.3 Å². The van der Waals surface area contributed by atoms with Crippen LogP contribution in [0.1, 0.15) is 22.8 Å². The van der Waals surface area contributed by atoms with Crippen LogP contribution in [-0.2, 0) is 6.42 Å². The Labute approximate surface area is 107 Å². The Morgan fingerprint density at radius 2 is 1.67 bits per heavy atom. The molecule has 0 aromatic heterocycles. The molecule has 0 spiro atoms. The van der Waals surface area contributed by atoms with E-state index < -0.39 is 0 Å². The highest BCUT2D eigenvalue weighted by molar-refractivity contribution is 5.97. The number of benzene rings is 2. The molecule has 0 amide bonds. The molecule has 0 saturated carbocycles. The lowest BCUT2D eigenvalue weighted by atomic mass is 9.93. The Kier molecular flexibility index (Phi) is 3.78. The normalized spacial score (nSPS) is 12.1. The molecule has 0 radical (unpaired) electrons. The monoisotopic (exact) mass is 240 g/mol. The van der Waals surface area contributed by atoms with E-state index in [1.54, 1.807) is 12.1 Å². The molecule has 0 saturated heterocycles. The van der Waals surface area contributed by atoms with Crippen molar-refractivity contribution in [3.8, 4) is 5.75 Å². The molecule has 2 aromatic rings. The molecular formula is C16H16O2. The van der Waals surface area contributed by atoms with E-state index in [0.29, 0.717) is 6.42 Å². The molecule has 2 aromatic carbocycles. The Bertz CT molecular complexity index is 515. The maximum atomic E-state index is 12.2. The molecule has 1 unspecified atom stereocenters. The van der Waals surface area contributed by atoms with E-state index in [0.717, 1.165) is 11.1 Å². The molecule has 2 heteroatoms. The van der Waals surface area contributed by atoms with E-state index in [4.69, 9.17) is 0 Å². The number of hydrogen-bond donors (Lipinski definition) is 1. The van der Waals surface area contributed by atoms with E-state index in [1.807, 2.05) is 49.4 Å². The molecular weight excluding hydrogens is 224 g/mol. The molecule has 2 nitrogen and oxygen atoms in total. The minimum Gasteiger partial charge on any atom is -0.508 e. The maximum absolute atomic E-state index is 12.2. The Balaban J connectivity index is 2.06. The van der Waals surface area contributed by atoms with Gasteiger partial charge >= 0.3 is 0 Å². The molecule has 0 bridgehead atoms. The van der Waals surface area contributed by atoms with Crippen LogP contribution < -0.4 is 0 Å². The summed E-state index contributed by atoms with van der Waals surface area (Å²) in [4.78, 5) is 12.2. The summed E-state index contributed by atoms with van der Waals surface area (Å²) in [5.74, 6) is 0.349. The summed E-state index contributed by atoms with van der Waals surface area (Å²) < 4.78 is 0. The van der Waals surface area contributed by atoms with Gasteiger partial charge in [0.05, 0.1) is 0 Å². The second kappa shape index (κ2) is 5.50. The third-order valence-electron chi connectivity index (χ3n) is 2.98. The summed E-state index contributed by atoms with van der Waals surface area (Å²) in [5.41, 5.74) is 1.81. The number of phenolic OH excluding ortho intramolecular Hbond substituents is 1. The average Bonchev–Trinajstić information content (AvgIpc) is 2.41. The van der Waals surface area contributed by atoms with Crippen molar-refractivity contribution < 1.29 is 9.90 Å². The van der Waals surface area contributed by atoms with Crippen LogP contribution in [-0.4, -0.2) is 10.9 Å². The van der Waals surface area contributed by atoms with Gasteiger partial charge in [-0.1, -0.05) is 49.4 Å². The van der Waals surface area contributed by atoms with Gasteiger partial charge in [0.15, 0.2) is 5.78 Å². The van der Waals surface area contributed by atoms with Gasteiger partial charge in [0, 0.05) is 11.5 Å². The van der Waals surface area contributed by atoms with Crippen molar-refractivity contribution in [1.82, 2.24) is 0 Å². The predicted molar refractivity (Wildman–Crippen MR) is 71.7 cm³/mol. The van der Waals surface area contributed by atoms with Gasteiger partial charge in [0.2, 0.25) is 0 Å². The van der Waals surface area contributed by atoms with Gasteiger partial charge in [-0.15, -0.1) is 0 Å². The van der Waals surface area contributed by atoms with Crippen molar-refractivity contribution in [1.29, 1.82) is 0 Å². The van der Waals surface area contributed by atoms with Gasteiger partial charge in [0.25, 0.3) is 0 Å². The van der Waals surface area contributed by atoms with Crippen molar-refractivity contribution in [3.63, 3.8) is 0 Å². The summed E-state index contributed by atoms with van der Waals surface area (Å²) in [5, 5.41) is 9.21. The van der Waals surface area contributed by atoms with Crippen LogP contribution in [0.3, 0.4) is 0 Å². The minimum atomic E-state index is -0.0584. The molecule has 0 aliphatic rings. The Hall–Kier alpha value is -2.09. The van der Waals surface area contributed by atoms with Crippen LogP contribution in [0.2, 0.25) is 0 Å². The maximum Gasteiger partial charge on any atom is 0.165 e. The van der Waals surface area contributed by atoms with Crippen molar-refractivity contribution >= 4 is 5.78 Å². The highest BCUT2D eigenvalue weighted by Gasteiger charge is 2.15. The lowest BCUT2D eigenvalue weighted by molar-refractivity contribution is 0.0929. The zero-order chi connectivity index (χ0) is 13.0. The number of rotatable bonds is 4. The lowest BCUT2D eigenvalue weighted by Crippen LogP contribution is -2.13. The summed E-state index contributed by atoms with van der Waals surface area (Å²) in [6.07, 6.45) is 0.688. The lowest BCUT2D eigenvalue weighted by Gasteiger charge is -2.10. The fourth-order valence-electron chi connectivity index (χ4n) is 1.97. The van der Waals surface area contributed by atoms with E-state index in [-0.39, 0.29) is 17.5 Å². The van der Waals surface area contributed by atoms with Gasteiger partial charge in [-0.05, 0) is 24.1 Å². The molecule has 1 N–H and O–H groups in total. The van der Waals surface area contributed by atoms with Gasteiger partial charge in [-0.25, -0.2) is 0 Å². The predicted octanol–water partition coefficient (Wildman–Crippen LogP) is 3.45. The zero-order valence-corrected chi connectivity index (χ0v) is 10.3. The van der Waals surface area contributed by atoms with Crippen molar-refractivity contribution in [2.75, 3.05) is 0 Å². The summed E-state index contributed by atoms with van der Waals surface area (Å²) in [7, 11) is 0. The standard InChI is InChI=1S/C16H16O2/c1-12(11-13-7-9-15(17)10-8-13)16(18)14-5-3-2-4-6-14/h2-10,12,17H,11H2,1H3. The number of phenols is 1. The van der Waals surface area contributed by atoms with Crippen LogP contribution in [0.15, 0.2) is 54.6 Å². The van der Waals surface area contributed by atoms with Gasteiger partial charge < -0.3 is 5.11 Å². The Morgan fingerprint density at radius 3 is 2.28 bits per heavy atom. The molecule has 18 heavy (non-hydrogen) atoms. The van der Waals surface area contributed by atoms with E-state index in [9.17, 15) is 9.90 Å². The summed E-state index contributed by atoms with van der Waals surface area (Å²) >= 11 is 0. The molecule has 1 atom stereocenters. The SMILES string of the molecule is CC(Cc1ccc(O)cc1)C(=O)c1ccccc1. The Morgan fingerprint density at radius 1 is 1.06 bits per heavy atom. The number of Topliss-reactive ketones (excluding diaryl/α,β-unsaturated/α-hetero) is 1. The first kappa shape index (κ1) is 12.4. The first-order valence-corrected chi connectivity index (χ1v) is 6.04. The second-order valence-corrected chi connectivity index (χ2v) is 4.50. The smallest absolute Gasteiger partial charge is 0.165 e. The quantitative estimate of drug-likeness (QED) is 0.831. The van der Waals surface area contributed by atoms with E-state index >= 15 is 0 Å². The van der Waals surface area contributed by atoms with Crippen molar-refractivity contribution in [3.05, 3.63) is 65.7 Å². The molecule has 0 heterocycles. The summed E-state index contributed by atoms with van der Waals surface area (Å²) in [6.45, 7) is 1.93. The van der Waals surface area contributed by atoms with Crippen LogP contribution in [0.5, 0.6) is 5.75 Å². The molecule has 2 rings (SSSR count). The van der Waals surface area contributed by atoms with Gasteiger partial charge in [-0.3, -0.25) is 4.79 Å². The minimum absolute atomic E-state index is 0.0584. The molecule has 0 fully saturated rings. The van der Waals surface area contributed by atoms with E-state index in [2.05, 4.69) is 0 Å². The highest BCUT2D eigenvalue weighted by atomic mass is 16.3. The number of carbonyl (C=O) groups excluding carboxylic acids is 1. The molecule has 0 aliphatic carbocycles. The second-order valence-electron chi connectivity index (χ2n) is 4.50. The van der Waals surface area contributed by atoms with Crippen LogP contribution >= 0.6 is 0 Å². The first-order chi connectivity index (χ1) is 8.66.